The first-order valence-electron chi connectivity index (χ1n) is 8.38. The summed E-state index contributed by atoms with van der Waals surface area (Å²) in [6, 6.07) is 15.7. The van der Waals surface area contributed by atoms with Gasteiger partial charge in [0.1, 0.15) is 29.7 Å². The van der Waals surface area contributed by atoms with E-state index >= 15 is 0 Å². The number of furan rings is 1. The third-order valence-electron chi connectivity index (χ3n) is 3.94. The van der Waals surface area contributed by atoms with E-state index in [4.69, 9.17) is 14.3 Å². The second-order valence-electron chi connectivity index (χ2n) is 6.02. The average molecular weight is 386 g/mol. The van der Waals surface area contributed by atoms with Crippen molar-refractivity contribution in [3.05, 3.63) is 77.3 Å². The van der Waals surface area contributed by atoms with Crippen LogP contribution in [0.25, 0.3) is 11.3 Å². The Hall–Kier alpha value is -2.73. The zero-order chi connectivity index (χ0) is 19.2. The molecule has 3 rings (SSSR count). The highest BCUT2D eigenvalue weighted by atomic mass is 32.2. The zero-order valence-corrected chi connectivity index (χ0v) is 15.6. The summed E-state index contributed by atoms with van der Waals surface area (Å²) in [4.78, 5) is 10.6. The molecule has 2 aromatic carbocycles. The standard InChI is InChI=1S/C21H19FO4S/c1-14-17(10-20(26-14)16-5-7-18(22)8-6-16)11-25-19-4-2-3-15(9-19)12-27-13-21(23)24/h2-10H,11-13H2,1H3,(H,23,24). The van der Waals surface area contributed by atoms with E-state index in [1.165, 1.54) is 23.9 Å². The molecule has 6 heteroatoms. The summed E-state index contributed by atoms with van der Waals surface area (Å²) >= 11 is 1.35. The Labute approximate surface area is 161 Å². The van der Waals surface area contributed by atoms with Crippen molar-refractivity contribution in [2.24, 2.45) is 0 Å². The number of aryl methyl sites for hydroxylation is 1. The molecule has 0 atom stereocenters. The molecule has 4 nitrogen and oxygen atoms in total. The Balaban J connectivity index is 1.63. The fraction of sp³-hybridized carbons (Fsp3) is 0.190. The third-order valence-corrected chi connectivity index (χ3v) is 4.92. The third kappa shape index (κ3) is 5.37. The molecule has 0 amide bonds. The number of aliphatic carboxylic acids is 1. The fourth-order valence-corrected chi connectivity index (χ4v) is 3.25. The number of thioether (sulfide) groups is 1. The number of carbonyl (C=O) groups is 1. The minimum absolute atomic E-state index is 0.0749. The molecule has 0 spiro atoms. The van der Waals surface area contributed by atoms with Gasteiger partial charge in [0.25, 0.3) is 0 Å². The van der Waals surface area contributed by atoms with Crippen LogP contribution in [0.2, 0.25) is 0 Å². The summed E-state index contributed by atoms with van der Waals surface area (Å²) in [5, 5.41) is 8.71. The van der Waals surface area contributed by atoms with E-state index in [0.717, 1.165) is 22.5 Å². The van der Waals surface area contributed by atoms with Crippen molar-refractivity contribution >= 4 is 17.7 Å². The molecule has 1 aromatic heterocycles. The summed E-state index contributed by atoms with van der Waals surface area (Å²) in [6.45, 7) is 2.22. The maximum atomic E-state index is 13.1. The average Bonchev–Trinajstić information content (AvgIpc) is 3.01. The fourth-order valence-electron chi connectivity index (χ4n) is 2.56. The van der Waals surface area contributed by atoms with Crippen molar-refractivity contribution < 1.29 is 23.4 Å². The number of carboxylic acids is 1. The molecular formula is C21H19FO4S. The van der Waals surface area contributed by atoms with E-state index in [1.54, 1.807) is 12.1 Å². The number of hydrogen-bond acceptors (Lipinski definition) is 4. The lowest BCUT2D eigenvalue weighted by Crippen LogP contribution is -1.98. The van der Waals surface area contributed by atoms with E-state index in [9.17, 15) is 9.18 Å². The largest absolute Gasteiger partial charge is 0.489 e. The highest BCUT2D eigenvalue weighted by molar-refractivity contribution is 7.99. The molecule has 0 saturated carbocycles. The van der Waals surface area contributed by atoms with Gasteiger partial charge in [-0.05, 0) is 55.0 Å². The highest BCUT2D eigenvalue weighted by Gasteiger charge is 2.10. The molecule has 0 fully saturated rings. The van der Waals surface area contributed by atoms with Gasteiger partial charge in [0.2, 0.25) is 0 Å². The van der Waals surface area contributed by atoms with Crippen LogP contribution in [0.3, 0.4) is 0 Å². The van der Waals surface area contributed by atoms with E-state index < -0.39 is 5.97 Å². The SMILES string of the molecule is Cc1oc(-c2ccc(F)cc2)cc1COc1cccc(CSCC(=O)O)c1. The van der Waals surface area contributed by atoms with Crippen LogP contribution in [0, 0.1) is 12.7 Å². The second kappa shape index (κ2) is 8.77. The van der Waals surface area contributed by atoms with Crippen molar-refractivity contribution in [1.82, 2.24) is 0 Å². The summed E-state index contributed by atoms with van der Waals surface area (Å²) in [5.41, 5.74) is 2.73. The molecular weight excluding hydrogens is 367 g/mol. The minimum Gasteiger partial charge on any atom is -0.489 e. The summed E-state index contributed by atoms with van der Waals surface area (Å²) < 4.78 is 24.7. The summed E-state index contributed by atoms with van der Waals surface area (Å²) in [5.74, 6) is 1.72. The molecule has 3 aromatic rings. The van der Waals surface area contributed by atoms with Crippen LogP contribution in [0.1, 0.15) is 16.9 Å². The van der Waals surface area contributed by atoms with Gasteiger partial charge in [0.05, 0.1) is 5.75 Å². The van der Waals surface area contributed by atoms with Gasteiger partial charge in [-0.2, -0.15) is 0 Å². The van der Waals surface area contributed by atoms with Gasteiger partial charge < -0.3 is 14.3 Å². The Morgan fingerprint density at radius 1 is 1.19 bits per heavy atom. The van der Waals surface area contributed by atoms with Crippen molar-refractivity contribution in [2.45, 2.75) is 19.3 Å². The summed E-state index contributed by atoms with van der Waals surface area (Å²) in [7, 11) is 0. The zero-order valence-electron chi connectivity index (χ0n) is 14.8. The van der Waals surface area contributed by atoms with Crippen molar-refractivity contribution in [2.75, 3.05) is 5.75 Å². The molecule has 0 saturated heterocycles. The van der Waals surface area contributed by atoms with Crippen LogP contribution in [-0.2, 0) is 17.2 Å². The van der Waals surface area contributed by atoms with E-state index in [-0.39, 0.29) is 11.6 Å². The first-order valence-corrected chi connectivity index (χ1v) is 9.53. The molecule has 0 aliphatic carbocycles. The molecule has 140 valence electrons. The van der Waals surface area contributed by atoms with Crippen molar-refractivity contribution in [3.63, 3.8) is 0 Å². The number of rotatable bonds is 8. The Kier molecular flexibility index (Phi) is 6.19. The molecule has 1 heterocycles. The van der Waals surface area contributed by atoms with Crippen LogP contribution < -0.4 is 4.74 Å². The van der Waals surface area contributed by atoms with Crippen molar-refractivity contribution in [3.8, 4) is 17.1 Å². The molecule has 27 heavy (non-hydrogen) atoms. The number of benzene rings is 2. The van der Waals surface area contributed by atoms with Gasteiger partial charge in [0.15, 0.2) is 0 Å². The lowest BCUT2D eigenvalue weighted by atomic mass is 10.1. The molecule has 0 bridgehead atoms. The smallest absolute Gasteiger partial charge is 0.313 e. The topological polar surface area (TPSA) is 59.7 Å². The molecule has 0 aliphatic heterocycles. The molecule has 0 radical (unpaired) electrons. The maximum absolute atomic E-state index is 13.1. The first-order chi connectivity index (χ1) is 13.0. The maximum Gasteiger partial charge on any atom is 0.313 e. The normalized spacial score (nSPS) is 10.7. The van der Waals surface area contributed by atoms with Crippen LogP contribution in [-0.4, -0.2) is 16.8 Å². The Bertz CT molecular complexity index is 918. The second-order valence-corrected chi connectivity index (χ2v) is 7.01. The molecule has 1 N–H and O–H groups in total. The lowest BCUT2D eigenvalue weighted by Gasteiger charge is -2.07. The van der Waals surface area contributed by atoms with Crippen LogP contribution in [0.15, 0.2) is 59.0 Å². The van der Waals surface area contributed by atoms with Crippen LogP contribution >= 0.6 is 11.8 Å². The quantitative estimate of drug-likeness (QED) is 0.570. The van der Waals surface area contributed by atoms with Crippen LogP contribution in [0.5, 0.6) is 5.75 Å². The van der Waals surface area contributed by atoms with Gasteiger partial charge in [0, 0.05) is 16.9 Å². The highest BCUT2D eigenvalue weighted by Crippen LogP contribution is 2.27. The number of halogens is 1. The number of carboxylic acid groups (broad SMARTS) is 1. The Morgan fingerprint density at radius 3 is 2.70 bits per heavy atom. The van der Waals surface area contributed by atoms with Gasteiger partial charge in [-0.1, -0.05) is 12.1 Å². The van der Waals surface area contributed by atoms with Gasteiger partial charge in [-0.3, -0.25) is 4.79 Å². The number of hydrogen-bond donors (Lipinski definition) is 1. The van der Waals surface area contributed by atoms with Gasteiger partial charge in [-0.25, -0.2) is 4.39 Å². The van der Waals surface area contributed by atoms with E-state index in [0.29, 0.717) is 23.9 Å². The van der Waals surface area contributed by atoms with E-state index in [2.05, 4.69) is 0 Å². The predicted octanol–water partition coefficient (Wildman–Crippen LogP) is 5.29. The number of ether oxygens (including phenoxy) is 1. The van der Waals surface area contributed by atoms with Crippen LogP contribution in [0.4, 0.5) is 4.39 Å². The van der Waals surface area contributed by atoms with Crippen molar-refractivity contribution in [1.29, 1.82) is 0 Å². The first kappa shape index (κ1) is 19.0. The predicted molar refractivity (Wildman–Crippen MR) is 103 cm³/mol. The molecule has 0 aliphatic rings. The van der Waals surface area contributed by atoms with Gasteiger partial charge in [-0.15, -0.1) is 11.8 Å². The lowest BCUT2D eigenvalue weighted by molar-refractivity contribution is -0.133. The van der Waals surface area contributed by atoms with Gasteiger partial charge >= 0.3 is 5.97 Å². The summed E-state index contributed by atoms with van der Waals surface area (Å²) in [6.07, 6.45) is 0. The minimum atomic E-state index is -0.820. The Morgan fingerprint density at radius 2 is 1.96 bits per heavy atom. The molecule has 0 unspecified atom stereocenters. The monoisotopic (exact) mass is 386 g/mol. The van der Waals surface area contributed by atoms with E-state index in [1.807, 2.05) is 37.3 Å².